The van der Waals surface area contributed by atoms with Crippen molar-refractivity contribution >= 4 is 0 Å². The van der Waals surface area contributed by atoms with Crippen LogP contribution in [0.25, 0.3) is 0 Å². The fraction of sp³-hybridized carbons (Fsp3) is 1.00. The fourth-order valence-electron chi connectivity index (χ4n) is 5.88. The first kappa shape index (κ1) is 34.1. The van der Waals surface area contributed by atoms with Gasteiger partial charge in [0, 0.05) is 0 Å². The van der Waals surface area contributed by atoms with Crippen LogP contribution in [0.15, 0.2) is 0 Å². The van der Waals surface area contributed by atoms with Crippen LogP contribution >= 0.6 is 0 Å². The number of quaternary nitrogens is 4. The first-order valence-electron chi connectivity index (χ1n) is 14.0. The maximum Gasteiger partial charge on any atom is 0.214 e. The van der Waals surface area contributed by atoms with E-state index in [0.717, 1.165) is 0 Å². The van der Waals surface area contributed by atoms with Crippen LogP contribution in [0.3, 0.4) is 0 Å². The van der Waals surface area contributed by atoms with Gasteiger partial charge in [-0.05, 0) is 0 Å². The van der Waals surface area contributed by atoms with E-state index in [1.54, 1.807) is 0 Å². The van der Waals surface area contributed by atoms with Crippen molar-refractivity contribution in [2.45, 2.75) is 123 Å². The van der Waals surface area contributed by atoms with Crippen LogP contribution in [0.2, 0.25) is 0 Å². The number of rotatable bonds is 9. The molecule has 19 nitrogen and oxygen atoms in total. The van der Waals surface area contributed by atoms with Crippen molar-refractivity contribution in [2.75, 3.05) is 19.8 Å². The molecule has 0 aromatic carbocycles. The van der Waals surface area contributed by atoms with Crippen molar-refractivity contribution in [2.24, 2.45) is 0 Å². The zero-order valence-electron chi connectivity index (χ0n) is 23.1. The molecular formula is C23H48N4O15+4. The van der Waals surface area contributed by atoms with Crippen LogP contribution in [-0.2, 0) is 28.4 Å². The third-order valence-electron chi connectivity index (χ3n) is 8.57. The zero-order valence-corrected chi connectivity index (χ0v) is 23.1. The molecular weight excluding hydrogens is 572 g/mol. The predicted octanol–water partition coefficient (Wildman–Crippen LogP) is -11.7. The van der Waals surface area contributed by atoms with Gasteiger partial charge in [0.05, 0.1) is 26.2 Å². The summed E-state index contributed by atoms with van der Waals surface area (Å²) in [6.07, 6.45) is -19.2. The first-order valence-corrected chi connectivity index (χ1v) is 14.0. The highest BCUT2D eigenvalue weighted by molar-refractivity contribution is 4.98. The minimum Gasteiger partial charge on any atom is -0.394 e. The molecule has 4 rings (SSSR count). The normalized spacial score (nSPS) is 53.8. The van der Waals surface area contributed by atoms with E-state index in [2.05, 4.69) is 22.9 Å². The zero-order chi connectivity index (χ0) is 31.0. The van der Waals surface area contributed by atoms with Gasteiger partial charge in [0.2, 0.25) is 12.6 Å². The lowest BCUT2D eigenvalue weighted by molar-refractivity contribution is -0.533. The molecule has 4 aliphatic rings. The Hall–Kier alpha value is -0.760. The van der Waals surface area contributed by atoms with E-state index in [-0.39, 0.29) is 0 Å². The summed E-state index contributed by atoms with van der Waals surface area (Å²) < 4.78 is 34.8. The van der Waals surface area contributed by atoms with Crippen LogP contribution in [-0.4, -0.2) is 182 Å². The van der Waals surface area contributed by atoms with Gasteiger partial charge in [-0.1, -0.05) is 0 Å². The average Bonchev–Trinajstić information content (AvgIpc) is 3.27. The molecule has 1 aliphatic carbocycles. The monoisotopic (exact) mass is 620 g/mol. The van der Waals surface area contributed by atoms with E-state index >= 15 is 0 Å². The van der Waals surface area contributed by atoms with E-state index in [1.165, 1.54) is 0 Å². The van der Waals surface area contributed by atoms with Gasteiger partial charge in [-0.15, -0.1) is 0 Å². The number of ether oxygens (including phenoxy) is 6. The minimum absolute atomic E-state index is 0.304. The minimum atomic E-state index is -1.57. The van der Waals surface area contributed by atoms with E-state index in [4.69, 9.17) is 28.4 Å². The molecule has 3 saturated heterocycles. The summed E-state index contributed by atoms with van der Waals surface area (Å²) in [7, 11) is 0. The summed E-state index contributed by atoms with van der Waals surface area (Å²) in [4.78, 5) is 0. The summed E-state index contributed by atoms with van der Waals surface area (Å²) in [6, 6.07) is -3.13. The Labute approximate surface area is 240 Å². The molecule has 0 aromatic rings. The van der Waals surface area contributed by atoms with Crippen molar-refractivity contribution in [1.82, 2.24) is 0 Å². The van der Waals surface area contributed by atoms with Crippen LogP contribution in [0.5, 0.6) is 0 Å². The summed E-state index contributed by atoms with van der Waals surface area (Å²) >= 11 is 0. The van der Waals surface area contributed by atoms with E-state index < -0.39 is 136 Å². The van der Waals surface area contributed by atoms with Gasteiger partial charge in [-0.3, -0.25) is 0 Å². The van der Waals surface area contributed by atoms with Gasteiger partial charge in [0.15, 0.2) is 18.4 Å². The average molecular weight is 621 g/mol. The molecule has 0 spiro atoms. The van der Waals surface area contributed by atoms with Crippen molar-refractivity contribution in [3.05, 3.63) is 0 Å². The van der Waals surface area contributed by atoms with Crippen LogP contribution in [0, 0.1) is 0 Å². The molecule has 1 saturated carbocycles. The summed E-state index contributed by atoms with van der Waals surface area (Å²) in [5.41, 5.74) is 15.6. The Morgan fingerprint density at radius 1 is 0.476 bits per heavy atom. The SMILES string of the molecule is [NH3+][C@H]1[C@@H](O[C@H]2[C@H](O[C@@H]3O[C@H](CO)[C@@H](O[C@H]4O[C@H](CO)[C@@H](O)[C@H](O)[C@H]4[NH3+])[C@H]3O)[C@@H](O)[C@H]([NH3+])C[C@@H]2[NH3+])O[C@H](CO)[C@@H](O)[C@@H]1O. The third-order valence-corrected chi connectivity index (χ3v) is 8.57. The van der Waals surface area contributed by atoms with Gasteiger partial charge in [0.1, 0.15) is 85.3 Å². The quantitative estimate of drug-likeness (QED) is 0.114. The molecule has 0 unspecified atom stereocenters. The van der Waals surface area contributed by atoms with Gasteiger partial charge in [-0.2, -0.15) is 0 Å². The molecule has 19 heteroatoms. The summed E-state index contributed by atoms with van der Waals surface area (Å²) in [6.45, 7) is -1.86. The van der Waals surface area contributed by atoms with Crippen LogP contribution in [0.1, 0.15) is 6.42 Å². The molecule has 0 radical (unpaired) electrons. The Balaban J connectivity index is 1.50. The Kier molecular flexibility index (Phi) is 11.5. The number of hydrogen-bond acceptors (Lipinski definition) is 15. The van der Waals surface area contributed by atoms with Crippen molar-refractivity contribution in [1.29, 1.82) is 0 Å². The maximum absolute atomic E-state index is 11.1. The second-order valence-corrected chi connectivity index (χ2v) is 11.5. The van der Waals surface area contributed by atoms with Gasteiger partial charge >= 0.3 is 0 Å². The lowest BCUT2D eigenvalue weighted by atomic mass is 9.84. The largest absolute Gasteiger partial charge is 0.394 e. The number of aliphatic hydroxyl groups excluding tert-OH is 9. The molecule has 0 aromatic heterocycles. The highest BCUT2D eigenvalue weighted by Gasteiger charge is 2.56. The molecule has 19 atom stereocenters. The number of hydrogen-bond donors (Lipinski definition) is 13. The van der Waals surface area contributed by atoms with Gasteiger partial charge in [-0.25, -0.2) is 0 Å². The highest BCUT2D eigenvalue weighted by Crippen LogP contribution is 2.33. The Bertz CT molecular complexity index is 865. The molecule has 42 heavy (non-hydrogen) atoms. The molecule has 0 bridgehead atoms. The van der Waals surface area contributed by atoms with Gasteiger partial charge < -0.3 is 97.3 Å². The maximum atomic E-state index is 11.1. The summed E-state index contributed by atoms with van der Waals surface area (Å²) in [5, 5.41) is 92.2. The molecule has 3 aliphatic heterocycles. The van der Waals surface area contributed by atoms with Crippen LogP contribution < -0.4 is 22.9 Å². The van der Waals surface area contributed by atoms with Crippen LogP contribution in [0.4, 0.5) is 0 Å². The van der Waals surface area contributed by atoms with E-state index in [9.17, 15) is 46.0 Å². The van der Waals surface area contributed by atoms with Gasteiger partial charge in [0.25, 0.3) is 0 Å². The van der Waals surface area contributed by atoms with E-state index in [0.29, 0.717) is 6.42 Å². The molecule has 4 fully saturated rings. The third kappa shape index (κ3) is 6.60. The standard InChI is InChI=1S/C23H44N4O15/c24-5-1-6(25)18(40-21-10(26)15(34)13(32)7(2-28)37-21)20(12(5)31)42-23-17(36)19(9(4-30)39-23)41-22-11(27)16(35)14(33)8(3-29)38-22/h5-23,28-36H,1-4,24-27H2/p+4/t5-,6+,7-,8-,9-,10-,11-,12+,13-,14-,15-,16-,17-,18-,19-,20-,21-,22-,23+/m1/s1. The Morgan fingerprint density at radius 2 is 0.905 bits per heavy atom. The fourth-order valence-corrected chi connectivity index (χ4v) is 5.88. The molecule has 3 heterocycles. The topological polar surface area (TPSA) is 348 Å². The molecule has 0 amide bonds. The van der Waals surface area contributed by atoms with Crippen molar-refractivity contribution < 1.29 is 97.3 Å². The second kappa shape index (κ2) is 14.1. The lowest BCUT2D eigenvalue weighted by Gasteiger charge is -2.44. The smallest absolute Gasteiger partial charge is 0.214 e. The second-order valence-electron chi connectivity index (χ2n) is 11.5. The van der Waals surface area contributed by atoms with Crippen molar-refractivity contribution in [3.8, 4) is 0 Å². The predicted molar refractivity (Wildman–Crippen MR) is 129 cm³/mol. The highest BCUT2D eigenvalue weighted by atomic mass is 16.8. The molecule has 21 N–H and O–H groups in total. The molecule has 246 valence electrons. The summed E-state index contributed by atoms with van der Waals surface area (Å²) in [5.74, 6) is 0. The van der Waals surface area contributed by atoms with E-state index in [1.807, 2.05) is 0 Å². The first-order chi connectivity index (χ1) is 19.8. The lowest BCUT2D eigenvalue weighted by Crippen LogP contribution is -2.84. The van der Waals surface area contributed by atoms with Crippen molar-refractivity contribution in [3.63, 3.8) is 0 Å². The Morgan fingerprint density at radius 3 is 1.38 bits per heavy atom. The number of aliphatic hydroxyl groups is 9.